The molecule has 2 aliphatic rings. The molecule has 0 radical (unpaired) electrons. The zero-order valence-electron chi connectivity index (χ0n) is 6.29. The first-order chi connectivity index (χ1) is 5.38. The van der Waals surface area contributed by atoms with E-state index in [2.05, 4.69) is 6.08 Å². The number of Topliss-reactive ketones (excluding diaryl/α,β-unsaturated/α-hetero) is 1. The fourth-order valence-corrected chi connectivity index (χ4v) is 1.63. The Kier molecular flexibility index (Phi) is 1.50. The number of carbonyl (C=O) groups is 1. The molecule has 0 spiro atoms. The Morgan fingerprint density at radius 2 is 2.18 bits per heavy atom. The highest BCUT2D eigenvalue weighted by Crippen LogP contribution is 2.30. The second kappa shape index (κ2) is 2.50. The molecule has 0 saturated heterocycles. The Labute approximate surface area is 66.1 Å². The molecule has 0 amide bonds. The van der Waals surface area contributed by atoms with Gasteiger partial charge < -0.3 is 0 Å². The van der Waals surface area contributed by atoms with Crippen LogP contribution in [0.2, 0.25) is 0 Å². The average molecular weight is 146 g/mol. The van der Waals surface area contributed by atoms with Gasteiger partial charge in [-0.3, -0.25) is 4.79 Å². The first kappa shape index (κ1) is 6.59. The first-order valence-electron chi connectivity index (χ1n) is 3.96. The van der Waals surface area contributed by atoms with E-state index in [0.717, 1.165) is 18.4 Å². The second-order valence-electron chi connectivity index (χ2n) is 2.96. The van der Waals surface area contributed by atoms with E-state index in [4.69, 9.17) is 0 Å². The molecule has 0 heterocycles. The minimum Gasteiger partial charge on any atom is -0.295 e. The highest BCUT2D eigenvalue weighted by molar-refractivity contribution is 5.98. The highest BCUT2D eigenvalue weighted by Gasteiger charge is 2.25. The van der Waals surface area contributed by atoms with E-state index >= 15 is 0 Å². The van der Waals surface area contributed by atoms with Gasteiger partial charge >= 0.3 is 0 Å². The zero-order valence-corrected chi connectivity index (χ0v) is 6.29. The quantitative estimate of drug-likeness (QED) is 0.511. The fraction of sp³-hybridized carbons (Fsp3) is 0.300. The normalized spacial score (nSPS) is 28.2. The third-order valence-electron chi connectivity index (χ3n) is 2.25. The molecule has 1 fully saturated rings. The van der Waals surface area contributed by atoms with Gasteiger partial charge in [-0.05, 0) is 6.42 Å². The molecule has 0 aliphatic heterocycles. The summed E-state index contributed by atoms with van der Waals surface area (Å²) in [5, 5.41) is 0. The van der Waals surface area contributed by atoms with Crippen molar-refractivity contribution in [3.8, 4) is 0 Å². The Morgan fingerprint density at radius 1 is 1.27 bits per heavy atom. The van der Waals surface area contributed by atoms with Crippen molar-refractivity contribution in [3.63, 3.8) is 0 Å². The molecule has 0 aromatic rings. The topological polar surface area (TPSA) is 17.1 Å². The second-order valence-corrected chi connectivity index (χ2v) is 2.96. The van der Waals surface area contributed by atoms with Crippen LogP contribution in [0.1, 0.15) is 12.8 Å². The summed E-state index contributed by atoms with van der Waals surface area (Å²) in [4.78, 5) is 11.2. The lowest BCUT2D eigenvalue weighted by Crippen LogP contribution is -1.96. The molecule has 0 bridgehead atoms. The summed E-state index contributed by atoms with van der Waals surface area (Å²) in [5.74, 6) is 0.726. The monoisotopic (exact) mass is 146 g/mol. The van der Waals surface area contributed by atoms with Crippen LogP contribution in [0, 0.1) is 5.92 Å². The Balaban J connectivity index is 2.38. The van der Waals surface area contributed by atoms with Crippen molar-refractivity contribution >= 4 is 5.78 Å². The lowest BCUT2D eigenvalue weighted by molar-refractivity contribution is -0.114. The number of hydrogen-bond donors (Lipinski definition) is 0. The van der Waals surface area contributed by atoms with Crippen LogP contribution < -0.4 is 0 Å². The molecule has 2 aliphatic carbocycles. The van der Waals surface area contributed by atoms with E-state index < -0.39 is 0 Å². The summed E-state index contributed by atoms with van der Waals surface area (Å²) in [6.07, 6.45) is 11.7. The number of allylic oxidation sites excluding steroid dienone is 6. The van der Waals surface area contributed by atoms with Gasteiger partial charge in [0.25, 0.3) is 0 Å². The number of hydrogen-bond acceptors (Lipinski definition) is 1. The molecule has 2 rings (SSSR count). The van der Waals surface area contributed by atoms with Gasteiger partial charge in [-0.2, -0.15) is 0 Å². The average Bonchev–Trinajstić information content (AvgIpc) is 2.25. The summed E-state index contributed by atoms with van der Waals surface area (Å²) < 4.78 is 0. The Morgan fingerprint density at radius 3 is 3.09 bits per heavy atom. The predicted molar refractivity (Wildman–Crippen MR) is 44.1 cm³/mol. The van der Waals surface area contributed by atoms with Gasteiger partial charge in [-0.1, -0.05) is 30.4 Å². The maximum absolute atomic E-state index is 11.2. The van der Waals surface area contributed by atoms with Crippen LogP contribution in [-0.4, -0.2) is 5.78 Å². The molecule has 1 unspecified atom stereocenters. The van der Waals surface area contributed by atoms with Gasteiger partial charge in [0.2, 0.25) is 0 Å². The van der Waals surface area contributed by atoms with E-state index in [1.165, 1.54) is 0 Å². The van der Waals surface area contributed by atoms with E-state index in [1.807, 2.05) is 24.3 Å². The van der Waals surface area contributed by atoms with Crippen LogP contribution >= 0.6 is 0 Å². The number of fused-ring (bicyclic) bond motifs is 1. The largest absolute Gasteiger partial charge is 0.295 e. The standard InChI is InChI=1S/C10H10O/c11-10-7-6-8-4-2-1-3-5-9(8)10/h1-5,8H,6-7H2. The molecule has 1 atom stereocenters. The van der Waals surface area contributed by atoms with E-state index in [-0.39, 0.29) is 0 Å². The summed E-state index contributed by atoms with van der Waals surface area (Å²) in [5.41, 5.74) is 0.995. The Bertz CT molecular complexity index is 269. The molecule has 0 aromatic heterocycles. The van der Waals surface area contributed by atoms with Crippen molar-refractivity contribution in [2.24, 2.45) is 5.92 Å². The van der Waals surface area contributed by atoms with Crippen molar-refractivity contribution in [2.75, 3.05) is 0 Å². The van der Waals surface area contributed by atoms with Crippen molar-refractivity contribution in [3.05, 3.63) is 36.0 Å². The van der Waals surface area contributed by atoms with Crippen molar-refractivity contribution in [2.45, 2.75) is 12.8 Å². The molecule has 1 heteroatoms. The van der Waals surface area contributed by atoms with Crippen molar-refractivity contribution in [1.82, 2.24) is 0 Å². The minimum absolute atomic E-state index is 0.325. The van der Waals surface area contributed by atoms with Crippen LogP contribution in [0.3, 0.4) is 0 Å². The molecular formula is C10H10O. The number of rotatable bonds is 0. The van der Waals surface area contributed by atoms with Crippen molar-refractivity contribution < 1.29 is 4.79 Å². The predicted octanol–water partition coefficient (Wildman–Crippen LogP) is 2.02. The molecular weight excluding hydrogens is 136 g/mol. The Hall–Kier alpha value is -1.11. The molecule has 1 nitrogen and oxygen atoms in total. The third-order valence-corrected chi connectivity index (χ3v) is 2.25. The summed E-state index contributed by atoms with van der Waals surface area (Å²) in [7, 11) is 0. The molecule has 1 saturated carbocycles. The lowest BCUT2D eigenvalue weighted by Gasteiger charge is -2.00. The maximum atomic E-state index is 11.2. The van der Waals surface area contributed by atoms with Crippen LogP contribution in [0.4, 0.5) is 0 Å². The van der Waals surface area contributed by atoms with Crippen LogP contribution in [0.25, 0.3) is 0 Å². The molecule has 0 N–H and O–H groups in total. The summed E-state index contributed by atoms with van der Waals surface area (Å²) in [6, 6.07) is 0. The van der Waals surface area contributed by atoms with E-state index in [0.29, 0.717) is 11.7 Å². The zero-order chi connectivity index (χ0) is 7.68. The van der Waals surface area contributed by atoms with E-state index in [1.54, 1.807) is 0 Å². The number of carbonyl (C=O) groups excluding carboxylic acids is 1. The van der Waals surface area contributed by atoms with Gasteiger partial charge in [-0.15, -0.1) is 0 Å². The molecule has 56 valence electrons. The van der Waals surface area contributed by atoms with Crippen LogP contribution in [0.15, 0.2) is 36.0 Å². The summed E-state index contributed by atoms with van der Waals surface area (Å²) in [6.45, 7) is 0. The maximum Gasteiger partial charge on any atom is 0.159 e. The van der Waals surface area contributed by atoms with E-state index in [9.17, 15) is 4.79 Å². The molecule has 11 heavy (non-hydrogen) atoms. The van der Waals surface area contributed by atoms with Gasteiger partial charge in [0, 0.05) is 17.9 Å². The van der Waals surface area contributed by atoms with Gasteiger partial charge in [0.1, 0.15) is 0 Å². The van der Waals surface area contributed by atoms with Crippen molar-refractivity contribution in [1.29, 1.82) is 0 Å². The highest BCUT2D eigenvalue weighted by atomic mass is 16.1. The number of ketones is 1. The van der Waals surface area contributed by atoms with Crippen LogP contribution in [0.5, 0.6) is 0 Å². The fourth-order valence-electron chi connectivity index (χ4n) is 1.63. The smallest absolute Gasteiger partial charge is 0.159 e. The first-order valence-corrected chi connectivity index (χ1v) is 3.96. The van der Waals surface area contributed by atoms with Gasteiger partial charge in [0.15, 0.2) is 5.78 Å². The van der Waals surface area contributed by atoms with Crippen LogP contribution in [-0.2, 0) is 4.79 Å². The van der Waals surface area contributed by atoms with Gasteiger partial charge in [-0.25, -0.2) is 0 Å². The van der Waals surface area contributed by atoms with Gasteiger partial charge in [0.05, 0.1) is 0 Å². The summed E-state index contributed by atoms with van der Waals surface area (Å²) >= 11 is 0. The molecule has 0 aromatic carbocycles. The SMILES string of the molecule is O=C1CCC2C=CC=CC=C12. The minimum atomic E-state index is 0.325. The lowest BCUT2D eigenvalue weighted by atomic mass is 10.0. The third kappa shape index (κ3) is 1.07.